The fraction of sp³-hybridized carbons (Fsp3) is 0.677. The van der Waals surface area contributed by atoms with Crippen molar-refractivity contribution >= 4 is 29.4 Å². The number of ether oxygens (including phenoxy) is 2. The van der Waals surface area contributed by atoms with Crippen molar-refractivity contribution < 1.29 is 39.2 Å². The Bertz CT molecular complexity index is 1310. The van der Waals surface area contributed by atoms with Crippen LogP contribution in [-0.2, 0) is 30.3 Å². The van der Waals surface area contributed by atoms with Crippen LogP contribution in [0.5, 0.6) is 0 Å². The van der Waals surface area contributed by atoms with E-state index in [-0.39, 0.29) is 36.7 Å². The van der Waals surface area contributed by atoms with E-state index in [4.69, 9.17) is 20.9 Å². The number of rotatable bonds is 12. The Morgan fingerprint density at radius 3 is 2.42 bits per heavy atom. The number of aliphatic hydroxyl groups is 3. The number of nitrogens with zero attached hydrogens (tertiary/aromatic N) is 3. The lowest BCUT2D eigenvalue weighted by Gasteiger charge is -2.35. The molecule has 14 heteroatoms. The second-order valence-electron chi connectivity index (χ2n) is 12.4. The summed E-state index contributed by atoms with van der Waals surface area (Å²) < 4.78 is 10.6. The summed E-state index contributed by atoms with van der Waals surface area (Å²) in [7, 11) is 0. The fourth-order valence-electron chi connectivity index (χ4n) is 7.34. The second-order valence-corrected chi connectivity index (χ2v) is 12.4. The Labute approximate surface area is 262 Å². The summed E-state index contributed by atoms with van der Waals surface area (Å²) in [6, 6.07) is -1.15. The molecule has 2 fully saturated rings. The van der Waals surface area contributed by atoms with Crippen LogP contribution in [0.4, 0.5) is 0 Å². The van der Waals surface area contributed by atoms with Crippen molar-refractivity contribution in [2.45, 2.75) is 90.2 Å². The van der Waals surface area contributed by atoms with Crippen molar-refractivity contribution in [2.24, 2.45) is 46.0 Å². The maximum atomic E-state index is 13.1. The molecule has 0 spiro atoms. The minimum atomic E-state index is -1.24. The molecule has 0 saturated heterocycles. The van der Waals surface area contributed by atoms with Gasteiger partial charge in [0.05, 0.1) is 42.6 Å². The molecule has 14 nitrogen and oxygen atoms in total. The lowest BCUT2D eigenvalue weighted by atomic mass is 9.80. The zero-order valence-corrected chi connectivity index (χ0v) is 26.3. The van der Waals surface area contributed by atoms with E-state index in [1.807, 2.05) is 26.8 Å². The van der Waals surface area contributed by atoms with Gasteiger partial charge in [-0.05, 0) is 37.7 Å². The average molecular weight is 631 g/mol. The molecule has 3 aliphatic carbocycles. The second kappa shape index (κ2) is 14.6. The monoisotopic (exact) mass is 630 g/mol. The molecule has 0 aromatic carbocycles. The number of amides is 1. The third-order valence-electron chi connectivity index (χ3n) is 9.66. The first-order valence-corrected chi connectivity index (χ1v) is 15.6. The van der Waals surface area contributed by atoms with Gasteiger partial charge in [0, 0.05) is 42.0 Å². The molecule has 0 radical (unpaired) electrons. The Hall–Kier alpha value is -3.62. The first kappa shape index (κ1) is 34.3. The molecule has 1 aromatic rings. The third-order valence-corrected chi connectivity index (χ3v) is 9.66. The zero-order valence-electron chi connectivity index (χ0n) is 26.3. The molecule has 45 heavy (non-hydrogen) atoms. The van der Waals surface area contributed by atoms with E-state index in [2.05, 4.69) is 20.3 Å². The van der Waals surface area contributed by atoms with Crippen molar-refractivity contribution in [1.29, 1.82) is 0 Å². The van der Waals surface area contributed by atoms with Crippen LogP contribution < -0.4 is 16.8 Å². The Balaban J connectivity index is 1.34. The standard InChI is InChI=1S/C31H46N6O8/c1-5-16(6-2)25(36-15(4)38)24-22(37-31(32)33)10-21(28(24)41)30(43)45-12-23(39)44-11-17-9-20(29(42)27(17)40)19-8-7-18-14(3)34-13-35-26(18)19/h8,13,16-17,20-22,24-25,27-29,40-42H,5-7,9-12H2,1-4H3,(H,36,38)(H4,32,33,37)/t17-,20+,21+,22-,24-,25+,27-,28-,29+/m1/s1. The van der Waals surface area contributed by atoms with Crippen LogP contribution in [0.15, 0.2) is 17.4 Å². The highest BCUT2D eigenvalue weighted by atomic mass is 16.6. The van der Waals surface area contributed by atoms with E-state index in [0.29, 0.717) is 25.7 Å². The molecule has 1 heterocycles. The molecular formula is C31H46N6O8. The van der Waals surface area contributed by atoms with Gasteiger partial charge in [-0.1, -0.05) is 32.8 Å². The summed E-state index contributed by atoms with van der Waals surface area (Å²) in [4.78, 5) is 50.6. The van der Waals surface area contributed by atoms with Crippen molar-refractivity contribution in [1.82, 2.24) is 15.3 Å². The van der Waals surface area contributed by atoms with E-state index in [9.17, 15) is 29.7 Å². The van der Waals surface area contributed by atoms with Crippen LogP contribution in [0.2, 0.25) is 0 Å². The lowest BCUT2D eigenvalue weighted by molar-refractivity contribution is -0.164. The van der Waals surface area contributed by atoms with Crippen LogP contribution in [-0.4, -0.2) is 92.7 Å². The van der Waals surface area contributed by atoms with Crippen LogP contribution >= 0.6 is 0 Å². The van der Waals surface area contributed by atoms with E-state index < -0.39 is 66.7 Å². The molecule has 0 aliphatic heterocycles. The third kappa shape index (κ3) is 7.45. The zero-order chi connectivity index (χ0) is 33.0. The van der Waals surface area contributed by atoms with Crippen molar-refractivity contribution in [3.05, 3.63) is 29.4 Å². The van der Waals surface area contributed by atoms with E-state index >= 15 is 0 Å². The summed E-state index contributed by atoms with van der Waals surface area (Å²) in [6.45, 7) is 6.35. The molecule has 1 amide bonds. The van der Waals surface area contributed by atoms with Crippen LogP contribution in [0.3, 0.4) is 0 Å². The van der Waals surface area contributed by atoms with Crippen molar-refractivity contribution in [3.63, 3.8) is 0 Å². The largest absolute Gasteiger partial charge is 0.463 e. The van der Waals surface area contributed by atoms with Gasteiger partial charge < -0.3 is 41.6 Å². The molecule has 2 saturated carbocycles. The summed E-state index contributed by atoms with van der Waals surface area (Å²) in [5.41, 5.74) is 14.8. The van der Waals surface area contributed by atoms with E-state index in [1.54, 1.807) is 0 Å². The average Bonchev–Trinajstić information content (AvgIpc) is 3.64. The number of hydrogen-bond donors (Lipinski definition) is 6. The predicted molar refractivity (Wildman–Crippen MR) is 163 cm³/mol. The first-order chi connectivity index (χ1) is 21.4. The number of fused-ring (bicyclic) bond motifs is 1. The number of nitrogens with two attached hydrogens (primary N) is 2. The van der Waals surface area contributed by atoms with Gasteiger partial charge in [-0.25, -0.2) is 19.8 Å². The minimum absolute atomic E-state index is 0.00357. The molecule has 0 bridgehead atoms. The minimum Gasteiger partial charge on any atom is -0.463 e. The first-order valence-electron chi connectivity index (χ1n) is 15.6. The maximum Gasteiger partial charge on any atom is 0.344 e. The van der Waals surface area contributed by atoms with Gasteiger partial charge in [0.15, 0.2) is 12.6 Å². The quantitative estimate of drug-likeness (QED) is 0.0997. The van der Waals surface area contributed by atoms with Gasteiger partial charge in [-0.2, -0.15) is 0 Å². The maximum absolute atomic E-state index is 13.1. The van der Waals surface area contributed by atoms with Gasteiger partial charge in [-0.15, -0.1) is 0 Å². The summed E-state index contributed by atoms with van der Waals surface area (Å²) in [5.74, 6) is -4.76. The number of aryl methyl sites for hydroxylation is 1. The normalized spacial score (nSPS) is 29.6. The molecule has 3 aliphatic rings. The van der Waals surface area contributed by atoms with Crippen molar-refractivity contribution in [2.75, 3.05) is 13.2 Å². The number of hydrogen-bond acceptors (Lipinski definition) is 11. The predicted octanol–water partition coefficient (Wildman–Crippen LogP) is -0.251. The number of carbonyl (C=O) groups is 3. The van der Waals surface area contributed by atoms with Crippen LogP contribution in [0, 0.1) is 36.5 Å². The molecule has 248 valence electrons. The number of allylic oxidation sites excluding steroid dienone is 1. The van der Waals surface area contributed by atoms with Gasteiger partial charge in [0.25, 0.3) is 0 Å². The number of aromatic nitrogens is 2. The Kier molecular flexibility index (Phi) is 11.2. The molecule has 1 aromatic heterocycles. The summed E-state index contributed by atoms with van der Waals surface area (Å²) in [5, 5.41) is 35.7. The Morgan fingerprint density at radius 2 is 1.78 bits per heavy atom. The van der Waals surface area contributed by atoms with Gasteiger partial charge in [-0.3, -0.25) is 9.59 Å². The highest BCUT2D eigenvalue weighted by Crippen LogP contribution is 2.44. The number of aliphatic imine (C=N–C) groups is 1. The highest BCUT2D eigenvalue weighted by molar-refractivity contribution is 5.79. The number of esters is 2. The molecule has 9 atom stereocenters. The fourth-order valence-corrected chi connectivity index (χ4v) is 7.34. The van der Waals surface area contributed by atoms with Gasteiger partial charge in [0.1, 0.15) is 6.33 Å². The summed E-state index contributed by atoms with van der Waals surface area (Å²) in [6.07, 6.45) is 2.56. The van der Waals surface area contributed by atoms with E-state index in [0.717, 1.165) is 22.5 Å². The molecule has 0 unspecified atom stereocenters. The number of nitrogens with one attached hydrogen (secondary N) is 1. The van der Waals surface area contributed by atoms with E-state index in [1.165, 1.54) is 13.3 Å². The Morgan fingerprint density at radius 1 is 1.07 bits per heavy atom. The van der Waals surface area contributed by atoms with Gasteiger partial charge in [0.2, 0.25) is 5.91 Å². The van der Waals surface area contributed by atoms with Crippen LogP contribution in [0.25, 0.3) is 5.57 Å². The van der Waals surface area contributed by atoms with Crippen molar-refractivity contribution in [3.8, 4) is 0 Å². The molecule has 8 N–H and O–H groups in total. The SMILES string of the molecule is CCC(CC)[C@H](NC(C)=O)[C@@H]1[C@H](O)[C@@H](C(=O)OCC(=O)OC[C@H]2C[C@@H](C3=CCc4c(C)ncnc43)[C@H](O)[C@@H]2O)C[C@H]1N=C(N)N. The van der Waals surface area contributed by atoms with Crippen LogP contribution in [0.1, 0.15) is 63.4 Å². The topological polar surface area (TPSA) is 233 Å². The number of guanidine groups is 1. The molecule has 4 rings (SSSR count). The number of carbonyl (C=O) groups excluding carboxylic acids is 3. The lowest BCUT2D eigenvalue weighted by Crippen LogP contribution is -2.51. The number of aliphatic hydroxyl groups excluding tert-OH is 3. The highest BCUT2D eigenvalue weighted by Gasteiger charge is 2.51. The summed E-state index contributed by atoms with van der Waals surface area (Å²) >= 11 is 0. The molecular weight excluding hydrogens is 584 g/mol. The van der Waals surface area contributed by atoms with Gasteiger partial charge >= 0.3 is 11.9 Å². The smallest absolute Gasteiger partial charge is 0.344 e.